The molecule has 0 radical (unpaired) electrons. The van der Waals surface area contributed by atoms with Crippen LogP contribution in [0.4, 0.5) is 5.69 Å². The van der Waals surface area contributed by atoms with Gasteiger partial charge in [0, 0.05) is 10.7 Å². The SMILES string of the molecule is O=S1(=O)CCC(Nc2cccc(Cl)c2)c2ccccc21. The number of nitrogens with one attached hydrogen (secondary N) is 1. The number of benzene rings is 2. The van der Waals surface area contributed by atoms with E-state index in [1.807, 2.05) is 36.4 Å². The van der Waals surface area contributed by atoms with Crippen molar-refractivity contribution < 1.29 is 8.42 Å². The predicted molar refractivity (Wildman–Crippen MR) is 80.9 cm³/mol. The molecular weight excluding hydrogens is 294 g/mol. The quantitative estimate of drug-likeness (QED) is 0.921. The summed E-state index contributed by atoms with van der Waals surface area (Å²) in [6.45, 7) is 0. The highest BCUT2D eigenvalue weighted by Crippen LogP contribution is 2.34. The molecule has 0 fully saturated rings. The summed E-state index contributed by atoms with van der Waals surface area (Å²) in [6.07, 6.45) is 0.561. The molecule has 1 unspecified atom stereocenters. The van der Waals surface area contributed by atoms with Crippen molar-refractivity contribution in [1.82, 2.24) is 0 Å². The molecule has 2 aromatic rings. The highest BCUT2D eigenvalue weighted by Gasteiger charge is 2.29. The fraction of sp³-hybridized carbons (Fsp3) is 0.200. The molecule has 5 heteroatoms. The van der Waals surface area contributed by atoms with E-state index < -0.39 is 9.84 Å². The first kappa shape index (κ1) is 13.5. The first-order chi connectivity index (χ1) is 9.56. The summed E-state index contributed by atoms with van der Waals surface area (Å²) in [5.41, 5.74) is 1.73. The van der Waals surface area contributed by atoms with Crippen molar-refractivity contribution in [3.63, 3.8) is 0 Å². The zero-order valence-corrected chi connectivity index (χ0v) is 12.3. The molecule has 104 valence electrons. The molecule has 3 rings (SSSR count). The van der Waals surface area contributed by atoms with E-state index in [0.29, 0.717) is 16.3 Å². The van der Waals surface area contributed by atoms with Crippen LogP contribution in [0.5, 0.6) is 0 Å². The molecular formula is C15H14ClNO2S. The maximum atomic E-state index is 12.1. The lowest BCUT2D eigenvalue weighted by Gasteiger charge is -2.27. The third kappa shape index (κ3) is 2.53. The molecule has 1 heterocycles. The van der Waals surface area contributed by atoms with Gasteiger partial charge in [0.05, 0.1) is 16.7 Å². The minimum absolute atomic E-state index is 0.00630. The minimum Gasteiger partial charge on any atom is -0.378 e. The molecule has 1 aliphatic heterocycles. The second kappa shape index (κ2) is 5.11. The molecule has 1 N–H and O–H groups in total. The van der Waals surface area contributed by atoms with Crippen molar-refractivity contribution in [1.29, 1.82) is 0 Å². The number of halogens is 1. The lowest BCUT2D eigenvalue weighted by molar-refractivity contribution is 0.576. The minimum atomic E-state index is -3.14. The normalized spacial score (nSPS) is 20.1. The van der Waals surface area contributed by atoms with Crippen LogP contribution in [0, 0.1) is 0 Å². The largest absolute Gasteiger partial charge is 0.378 e. The Labute approximate surface area is 123 Å². The first-order valence-corrected chi connectivity index (χ1v) is 8.43. The second-order valence-corrected chi connectivity index (χ2v) is 7.37. The Balaban J connectivity index is 1.96. The number of hydrogen-bond acceptors (Lipinski definition) is 3. The van der Waals surface area contributed by atoms with Gasteiger partial charge in [-0.25, -0.2) is 8.42 Å². The van der Waals surface area contributed by atoms with E-state index >= 15 is 0 Å². The van der Waals surface area contributed by atoms with Gasteiger partial charge in [0.25, 0.3) is 0 Å². The number of hydrogen-bond donors (Lipinski definition) is 1. The van der Waals surface area contributed by atoms with E-state index in [-0.39, 0.29) is 11.8 Å². The summed E-state index contributed by atoms with van der Waals surface area (Å²) in [5.74, 6) is 0.169. The van der Waals surface area contributed by atoms with E-state index in [0.717, 1.165) is 11.3 Å². The third-order valence-corrected chi connectivity index (χ3v) is 5.52. The average molecular weight is 308 g/mol. The third-order valence-electron chi connectivity index (χ3n) is 3.47. The number of sulfone groups is 1. The highest BCUT2D eigenvalue weighted by atomic mass is 35.5. The van der Waals surface area contributed by atoms with Crippen LogP contribution in [-0.4, -0.2) is 14.2 Å². The lowest BCUT2D eigenvalue weighted by atomic mass is 10.0. The first-order valence-electron chi connectivity index (χ1n) is 6.40. The van der Waals surface area contributed by atoms with Gasteiger partial charge in [-0.2, -0.15) is 0 Å². The summed E-state index contributed by atoms with van der Waals surface area (Å²) >= 11 is 5.97. The maximum absolute atomic E-state index is 12.1. The molecule has 3 nitrogen and oxygen atoms in total. The molecule has 0 bridgehead atoms. The van der Waals surface area contributed by atoms with Crippen LogP contribution < -0.4 is 5.32 Å². The van der Waals surface area contributed by atoms with Crippen molar-refractivity contribution in [2.45, 2.75) is 17.4 Å². The number of rotatable bonds is 2. The van der Waals surface area contributed by atoms with Crippen molar-refractivity contribution in [2.24, 2.45) is 0 Å². The molecule has 0 amide bonds. The molecule has 2 aromatic carbocycles. The topological polar surface area (TPSA) is 46.2 Å². The summed E-state index contributed by atoms with van der Waals surface area (Å²) in [4.78, 5) is 0.436. The molecule has 0 saturated heterocycles. The molecule has 20 heavy (non-hydrogen) atoms. The smallest absolute Gasteiger partial charge is 0.178 e. The van der Waals surface area contributed by atoms with E-state index in [4.69, 9.17) is 11.6 Å². The van der Waals surface area contributed by atoms with Crippen molar-refractivity contribution >= 4 is 27.1 Å². The van der Waals surface area contributed by atoms with Gasteiger partial charge in [-0.1, -0.05) is 35.9 Å². The van der Waals surface area contributed by atoms with Gasteiger partial charge >= 0.3 is 0 Å². The molecule has 1 aliphatic rings. The molecule has 1 atom stereocenters. The van der Waals surface area contributed by atoms with Crippen LogP contribution in [0.3, 0.4) is 0 Å². The summed E-state index contributed by atoms with van der Waals surface area (Å²) in [7, 11) is -3.14. The Morgan fingerprint density at radius 2 is 1.90 bits per heavy atom. The van der Waals surface area contributed by atoms with Crippen LogP contribution in [0.25, 0.3) is 0 Å². The Morgan fingerprint density at radius 1 is 1.10 bits per heavy atom. The van der Waals surface area contributed by atoms with Gasteiger partial charge in [0.15, 0.2) is 9.84 Å². The summed E-state index contributed by atoms with van der Waals surface area (Å²) in [6, 6.07) is 14.6. The number of fused-ring (bicyclic) bond motifs is 1. The molecule has 0 spiro atoms. The Hall–Kier alpha value is -1.52. The zero-order chi connectivity index (χ0) is 14.2. The van der Waals surface area contributed by atoms with Crippen LogP contribution in [0.15, 0.2) is 53.4 Å². The summed E-state index contributed by atoms with van der Waals surface area (Å²) < 4.78 is 24.2. The standard InChI is InChI=1S/C15H14ClNO2S/c16-11-4-3-5-12(10-11)17-14-8-9-20(18,19)15-7-2-1-6-13(14)15/h1-7,10,14,17H,8-9H2. The van der Waals surface area contributed by atoms with Gasteiger partial charge in [0.2, 0.25) is 0 Å². The van der Waals surface area contributed by atoms with E-state index in [9.17, 15) is 8.42 Å². The van der Waals surface area contributed by atoms with Crippen LogP contribution in [-0.2, 0) is 9.84 Å². The zero-order valence-electron chi connectivity index (χ0n) is 10.7. The van der Waals surface area contributed by atoms with Gasteiger partial charge in [-0.3, -0.25) is 0 Å². The van der Waals surface area contributed by atoms with Gasteiger partial charge in [-0.15, -0.1) is 0 Å². The van der Waals surface area contributed by atoms with Gasteiger partial charge in [0.1, 0.15) is 0 Å². The lowest BCUT2D eigenvalue weighted by Crippen LogP contribution is -2.24. The van der Waals surface area contributed by atoms with Crippen molar-refractivity contribution in [3.8, 4) is 0 Å². The van der Waals surface area contributed by atoms with Crippen molar-refractivity contribution in [3.05, 3.63) is 59.1 Å². The van der Waals surface area contributed by atoms with Gasteiger partial charge in [-0.05, 0) is 36.2 Å². The van der Waals surface area contributed by atoms with E-state index in [1.54, 1.807) is 12.1 Å². The maximum Gasteiger partial charge on any atom is 0.178 e. The van der Waals surface area contributed by atoms with Crippen LogP contribution in [0.1, 0.15) is 18.0 Å². The molecule has 0 aromatic heterocycles. The van der Waals surface area contributed by atoms with E-state index in [1.165, 1.54) is 0 Å². The Morgan fingerprint density at radius 3 is 2.70 bits per heavy atom. The fourth-order valence-electron chi connectivity index (χ4n) is 2.52. The fourth-order valence-corrected chi connectivity index (χ4v) is 4.33. The summed E-state index contributed by atoms with van der Waals surface area (Å²) in [5, 5.41) is 4.03. The van der Waals surface area contributed by atoms with E-state index in [2.05, 4.69) is 5.32 Å². The predicted octanol–water partition coefficient (Wildman–Crippen LogP) is 3.67. The second-order valence-electron chi connectivity index (χ2n) is 4.85. The average Bonchev–Trinajstić information content (AvgIpc) is 2.43. The highest BCUT2D eigenvalue weighted by molar-refractivity contribution is 7.91. The van der Waals surface area contributed by atoms with Gasteiger partial charge < -0.3 is 5.32 Å². The van der Waals surface area contributed by atoms with Crippen molar-refractivity contribution in [2.75, 3.05) is 11.1 Å². The number of anilines is 1. The molecule has 0 saturated carbocycles. The Bertz CT molecular complexity index is 743. The Kier molecular flexibility index (Phi) is 3.44. The molecule has 0 aliphatic carbocycles. The van der Waals surface area contributed by atoms with Crippen LogP contribution >= 0.6 is 11.6 Å². The monoisotopic (exact) mass is 307 g/mol. The van der Waals surface area contributed by atoms with Crippen LogP contribution in [0.2, 0.25) is 5.02 Å².